The lowest BCUT2D eigenvalue weighted by Gasteiger charge is -2.21. The molecule has 35 heavy (non-hydrogen) atoms. The molecule has 2 aromatic carbocycles. The van der Waals surface area contributed by atoms with Crippen molar-refractivity contribution in [1.82, 2.24) is 9.88 Å². The van der Waals surface area contributed by atoms with Gasteiger partial charge in [0.15, 0.2) is 35.0 Å². The van der Waals surface area contributed by atoms with Crippen LogP contribution in [0.4, 0.5) is 4.79 Å². The van der Waals surface area contributed by atoms with Crippen LogP contribution >= 0.6 is 0 Å². The lowest BCUT2D eigenvalue weighted by atomic mass is 9.95. The molecule has 0 radical (unpaired) electrons. The summed E-state index contributed by atoms with van der Waals surface area (Å²) in [6.07, 6.45) is 3.07. The molecule has 1 N–H and O–H groups in total. The van der Waals surface area contributed by atoms with Crippen molar-refractivity contribution >= 4 is 12.4 Å². The number of nitrogens with one attached hydrogen (secondary N) is 1. The fourth-order valence-electron chi connectivity index (χ4n) is 4.29. The highest BCUT2D eigenvalue weighted by Crippen LogP contribution is 2.42. The number of amides is 1. The number of carbonyl (C=O) groups is 2. The van der Waals surface area contributed by atoms with Gasteiger partial charge in [0.25, 0.3) is 0 Å². The Kier molecular flexibility index (Phi) is 7.14. The highest BCUT2D eigenvalue weighted by molar-refractivity contribution is 5.93. The predicted octanol–water partition coefficient (Wildman–Crippen LogP) is 3.89. The molecular formula is C26H28N2O7. The van der Waals surface area contributed by atoms with E-state index in [4.69, 9.17) is 23.7 Å². The second-order valence-corrected chi connectivity index (χ2v) is 7.94. The number of fused-ring (bicyclic) bond motifs is 3. The minimum absolute atomic E-state index is 0.209. The van der Waals surface area contributed by atoms with Gasteiger partial charge in [-0.25, -0.2) is 4.79 Å². The van der Waals surface area contributed by atoms with E-state index in [-0.39, 0.29) is 5.75 Å². The number of hydrogen-bond acceptors (Lipinski definition) is 7. The van der Waals surface area contributed by atoms with Gasteiger partial charge in [-0.1, -0.05) is 6.07 Å². The Morgan fingerprint density at radius 1 is 0.943 bits per heavy atom. The van der Waals surface area contributed by atoms with Crippen LogP contribution in [0.5, 0.6) is 28.7 Å². The first-order valence-corrected chi connectivity index (χ1v) is 11.1. The molecule has 3 aromatic rings. The number of carbonyl (C=O) groups excluding carboxylic acids is 2. The van der Waals surface area contributed by atoms with Crippen LogP contribution in [0.1, 0.15) is 21.5 Å². The third kappa shape index (κ3) is 4.75. The van der Waals surface area contributed by atoms with Crippen molar-refractivity contribution in [2.75, 3.05) is 35.0 Å². The Bertz CT molecular complexity index is 1250. The van der Waals surface area contributed by atoms with Crippen molar-refractivity contribution in [2.24, 2.45) is 0 Å². The van der Waals surface area contributed by atoms with Crippen LogP contribution in [-0.2, 0) is 19.4 Å². The number of nitrogens with zero attached hydrogens (tertiary/aromatic N) is 1. The highest BCUT2D eigenvalue weighted by Gasteiger charge is 2.26. The smallest absolute Gasteiger partial charge is 0.412 e. The minimum Gasteiger partial charge on any atom is -0.493 e. The molecule has 0 aliphatic carbocycles. The van der Waals surface area contributed by atoms with Gasteiger partial charge in [0.05, 0.1) is 39.7 Å². The van der Waals surface area contributed by atoms with Crippen LogP contribution in [0.2, 0.25) is 0 Å². The first-order chi connectivity index (χ1) is 17.0. The van der Waals surface area contributed by atoms with Crippen LogP contribution in [0.25, 0.3) is 11.3 Å². The van der Waals surface area contributed by atoms with Crippen molar-refractivity contribution < 1.29 is 33.3 Å². The van der Waals surface area contributed by atoms with Crippen LogP contribution < -0.4 is 29.0 Å². The van der Waals surface area contributed by atoms with Gasteiger partial charge in [0, 0.05) is 24.8 Å². The van der Waals surface area contributed by atoms with E-state index in [0.717, 1.165) is 23.1 Å². The molecule has 9 heteroatoms. The largest absolute Gasteiger partial charge is 0.493 e. The number of methoxy groups -OCH3 is 4. The van der Waals surface area contributed by atoms with Gasteiger partial charge in [-0.05, 0) is 48.2 Å². The monoisotopic (exact) mass is 480 g/mol. The van der Waals surface area contributed by atoms with E-state index in [1.165, 1.54) is 0 Å². The van der Waals surface area contributed by atoms with Crippen molar-refractivity contribution in [3.8, 4) is 40.0 Å². The number of hydrogen-bond donors (Lipinski definition) is 1. The van der Waals surface area contributed by atoms with Gasteiger partial charge < -0.3 is 33.6 Å². The van der Waals surface area contributed by atoms with Crippen molar-refractivity contribution in [1.29, 1.82) is 0 Å². The fourth-order valence-corrected chi connectivity index (χ4v) is 4.29. The summed E-state index contributed by atoms with van der Waals surface area (Å²) in [7, 11) is 6.30. The molecule has 0 spiro atoms. The van der Waals surface area contributed by atoms with Gasteiger partial charge in [0.1, 0.15) is 0 Å². The molecule has 1 amide bonds. The van der Waals surface area contributed by atoms with Crippen LogP contribution in [0.3, 0.4) is 0 Å². The molecule has 0 saturated heterocycles. The van der Waals surface area contributed by atoms with E-state index < -0.39 is 6.09 Å². The Balaban J connectivity index is 1.48. The van der Waals surface area contributed by atoms with E-state index in [1.807, 2.05) is 34.9 Å². The van der Waals surface area contributed by atoms with Gasteiger partial charge in [-0.3, -0.25) is 4.79 Å². The lowest BCUT2D eigenvalue weighted by molar-refractivity contribution is 0.112. The average Bonchev–Trinajstić information content (AvgIpc) is 3.24. The zero-order chi connectivity index (χ0) is 24.9. The maximum Gasteiger partial charge on any atom is 0.412 e. The minimum atomic E-state index is -0.635. The van der Waals surface area contributed by atoms with Gasteiger partial charge in [0.2, 0.25) is 0 Å². The molecule has 0 saturated carbocycles. The maximum absolute atomic E-state index is 12.5. The van der Waals surface area contributed by atoms with E-state index in [9.17, 15) is 9.59 Å². The van der Waals surface area contributed by atoms with Gasteiger partial charge in [-0.2, -0.15) is 0 Å². The lowest BCUT2D eigenvalue weighted by Crippen LogP contribution is -2.28. The number of aryl methyl sites for hydroxylation is 2. The van der Waals surface area contributed by atoms with E-state index in [1.54, 1.807) is 34.6 Å². The fraction of sp³-hybridized carbons (Fsp3) is 0.308. The number of rotatable bonds is 9. The van der Waals surface area contributed by atoms with Gasteiger partial charge in [-0.15, -0.1) is 0 Å². The molecule has 1 aliphatic heterocycles. The molecule has 9 nitrogen and oxygen atoms in total. The summed E-state index contributed by atoms with van der Waals surface area (Å²) in [6.45, 7) is 0.987. The summed E-state index contributed by atoms with van der Waals surface area (Å²) in [4.78, 5) is 24.5. The SMILES string of the molecule is COc1ccc(CCNC(=O)Oc2cn3c(c2C=O)-c2cc(OC)c(OC)cc2CC3)cc1OC. The first-order valence-electron chi connectivity index (χ1n) is 11.1. The number of aromatic nitrogens is 1. The van der Waals surface area contributed by atoms with Gasteiger partial charge >= 0.3 is 6.09 Å². The summed E-state index contributed by atoms with van der Waals surface area (Å²) >= 11 is 0. The second kappa shape index (κ2) is 10.4. The van der Waals surface area contributed by atoms with E-state index >= 15 is 0 Å². The molecule has 1 aliphatic rings. The predicted molar refractivity (Wildman–Crippen MR) is 129 cm³/mol. The van der Waals surface area contributed by atoms with Crippen molar-refractivity contribution in [2.45, 2.75) is 19.4 Å². The van der Waals surface area contributed by atoms with Crippen molar-refractivity contribution in [3.63, 3.8) is 0 Å². The van der Waals surface area contributed by atoms with E-state index in [0.29, 0.717) is 60.1 Å². The number of ether oxygens (including phenoxy) is 5. The number of aldehydes is 1. The summed E-state index contributed by atoms with van der Waals surface area (Å²) in [5.74, 6) is 2.66. The molecule has 0 atom stereocenters. The zero-order valence-electron chi connectivity index (χ0n) is 20.2. The Labute approximate surface area is 203 Å². The summed E-state index contributed by atoms with van der Waals surface area (Å²) in [5.41, 5.74) is 3.85. The van der Waals surface area contributed by atoms with Crippen LogP contribution in [0, 0.1) is 0 Å². The third-order valence-corrected chi connectivity index (χ3v) is 6.02. The molecule has 0 fully saturated rings. The normalized spacial score (nSPS) is 11.7. The van der Waals surface area contributed by atoms with E-state index in [2.05, 4.69) is 5.32 Å². The standard InChI is InChI=1S/C26H28N2O7/c1-31-20-6-5-16(11-21(20)32-2)7-9-27-26(30)35-24-14-28-10-8-17-12-22(33-3)23(34-4)13-18(17)25(28)19(24)15-29/h5-6,11-15H,7-10H2,1-4H3,(H,27,30). The first kappa shape index (κ1) is 24.0. The molecule has 0 unspecified atom stereocenters. The molecule has 0 bridgehead atoms. The van der Waals surface area contributed by atoms with Crippen LogP contribution in [-0.4, -0.2) is 51.9 Å². The Morgan fingerprint density at radius 3 is 2.31 bits per heavy atom. The zero-order valence-corrected chi connectivity index (χ0v) is 20.2. The Hall–Kier alpha value is -4.14. The maximum atomic E-state index is 12.5. The molecule has 184 valence electrons. The summed E-state index contributed by atoms with van der Waals surface area (Å²) < 4.78 is 28.8. The highest BCUT2D eigenvalue weighted by atomic mass is 16.6. The third-order valence-electron chi connectivity index (χ3n) is 6.02. The number of benzene rings is 2. The van der Waals surface area contributed by atoms with Crippen LogP contribution in [0.15, 0.2) is 36.5 Å². The van der Waals surface area contributed by atoms with Crippen molar-refractivity contribution in [3.05, 3.63) is 53.2 Å². The molecular weight excluding hydrogens is 452 g/mol. The Morgan fingerprint density at radius 2 is 1.63 bits per heavy atom. The summed E-state index contributed by atoms with van der Waals surface area (Å²) in [5, 5.41) is 2.73. The summed E-state index contributed by atoms with van der Waals surface area (Å²) in [6, 6.07) is 9.34. The average molecular weight is 481 g/mol. The molecule has 2 heterocycles. The quantitative estimate of drug-likeness (QED) is 0.464. The molecule has 1 aromatic heterocycles. The molecule has 4 rings (SSSR count). The second-order valence-electron chi connectivity index (χ2n) is 7.94. The topological polar surface area (TPSA) is 97.3 Å².